The highest BCUT2D eigenvalue weighted by atomic mass is 32.2. The molecule has 0 unspecified atom stereocenters. The number of fused-ring (bicyclic) bond motifs is 1. The lowest BCUT2D eigenvalue weighted by atomic mass is 10.0. The minimum atomic E-state index is -3.50. The van der Waals surface area contributed by atoms with Crippen molar-refractivity contribution in [1.82, 2.24) is 4.31 Å². The van der Waals surface area contributed by atoms with Crippen LogP contribution in [-0.2, 0) is 21.2 Å². The van der Waals surface area contributed by atoms with E-state index in [-0.39, 0.29) is 17.3 Å². The van der Waals surface area contributed by atoms with Crippen LogP contribution in [0.25, 0.3) is 0 Å². The molecule has 0 spiro atoms. The van der Waals surface area contributed by atoms with Crippen LogP contribution in [0, 0.1) is 0 Å². The van der Waals surface area contributed by atoms with Crippen LogP contribution in [0.3, 0.4) is 0 Å². The van der Waals surface area contributed by atoms with Crippen LogP contribution in [0.2, 0.25) is 0 Å². The number of sulfonamides is 1. The summed E-state index contributed by atoms with van der Waals surface area (Å²) < 4.78 is 32.7. The molecule has 2 aromatic rings. The van der Waals surface area contributed by atoms with E-state index >= 15 is 0 Å². The SMILES string of the molecule is COc1ccc2c(c1)CCCN2C(=O)CNc1cccc(S(=O)(=O)N2CCCCC2)c1. The van der Waals surface area contributed by atoms with Gasteiger partial charge in [-0.3, -0.25) is 4.79 Å². The number of aryl methyl sites for hydroxylation is 1. The smallest absolute Gasteiger partial charge is 0.246 e. The molecule has 0 aliphatic carbocycles. The van der Waals surface area contributed by atoms with Gasteiger partial charge in [-0.1, -0.05) is 12.5 Å². The average molecular weight is 444 g/mol. The Morgan fingerprint density at radius 2 is 1.84 bits per heavy atom. The van der Waals surface area contributed by atoms with Crippen molar-refractivity contribution in [2.45, 2.75) is 37.0 Å². The molecular formula is C23H29N3O4S. The van der Waals surface area contributed by atoms with E-state index in [1.807, 2.05) is 18.2 Å². The topological polar surface area (TPSA) is 79.0 Å². The van der Waals surface area contributed by atoms with Gasteiger partial charge in [-0.2, -0.15) is 4.31 Å². The summed E-state index contributed by atoms with van der Waals surface area (Å²) in [5.74, 6) is 0.744. The summed E-state index contributed by atoms with van der Waals surface area (Å²) in [7, 11) is -1.87. The highest BCUT2D eigenvalue weighted by Gasteiger charge is 2.26. The van der Waals surface area contributed by atoms with E-state index in [2.05, 4.69) is 5.32 Å². The molecule has 1 saturated heterocycles. The van der Waals surface area contributed by atoms with E-state index in [0.717, 1.165) is 49.1 Å². The maximum absolute atomic E-state index is 12.9. The van der Waals surface area contributed by atoms with Crippen molar-refractivity contribution in [3.8, 4) is 5.75 Å². The maximum atomic E-state index is 12.9. The standard InChI is InChI=1S/C23H29N3O4S/c1-30-20-10-11-22-18(15-20)7-6-14-26(22)23(27)17-24-19-8-5-9-21(16-19)31(28,29)25-12-3-2-4-13-25/h5,8-11,15-16,24H,2-4,6-7,12-14,17H2,1H3. The Labute approximate surface area is 184 Å². The highest BCUT2D eigenvalue weighted by molar-refractivity contribution is 7.89. The van der Waals surface area contributed by atoms with Crippen molar-refractivity contribution in [3.63, 3.8) is 0 Å². The zero-order chi connectivity index (χ0) is 21.8. The number of nitrogens with zero attached hydrogens (tertiary/aromatic N) is 2. The molecule has 2 aliphatic rings. The molecule has 0 bridgehead atoms. The first-order chi connectivity index (χ1) is 15.0. The molecule has 1 N–H and O–H groups in total. The van der Waals surface area contributed by atoms with Crippen LogP contribution < -0.4 is 15.0 Å². The quantitative estimate of drug-likeness (QED) is 0.741. The molecule has 2 aliphatic heterocycles. The summed E-state index contributed by atoms with van der Waals surface area (Å²) in [4.78, 5) is 15.0. The Bertz CT molecular complexity index is 1050. The monoisotopic (exact) mass is 443 g/mol. The zero-order valence-electron chi connectivity index (χ0n) is 17.8. The molecule has 2 heterocycles. The van der Waals surface area contributed by atoms with Crippen LogP contribution in [-0.4, -0.2) is 51.9 Å². The molecule has 2 aromatic carbocycles. The van der Waals surface area contributed by atoms with Gasteiger partial charge in [0.05, 0.1) is 18.6 Å². The van der Waals surface area contributed by atoms with Crippen LogP contribution in [0.4, 0.5) is 11.4 Å². The van der Waals surface area contributed by atoms with E-state index in [0.29, 0.717) is 25.3 Å². The van der Waals surface area contributed by atoms with Crippen molar-refractivity contribution >= 4 is 27.3 Å². The van der Waals surface area contributed by atoms with Crippen molar-refractivity contribution in [2.24, 2.45) is 0 Å². The molecule has 0 atom stereocenters. The number of anilines is 2. The summed E-state index contributed by atoms with van der Waals surface area (Å²) in [6, 6.07) is 12.5. The van der Waals surface area contributed by atoms with Crippen molar-refractivity contribution < 1.29 is 17.9 Å². The van der Waals surface area contributed by atoms with Gasteiger partial charge in [0.1, 0.15) is 5.75 Å². The predicted octanol–water partition coefficient (Wildman–Crippen LogP) is 3.26. The van der Waals surface area contributed by atoms with Gasteiger partial charge in [0.15, 0.2) is 0 Å². The second-order valence-corrected chi connectivity index (χ2v) is 9.93. The summed E-state index contributed by atoms with van der Waals surface area (Å²) in [5, 5.41) is 3.11. The van der Waals surface area contributed by atoms with Gasteiger partial charge in [0, 0.05) is 31.0 Å². The average Bonchev–Trinajstić information content (AvgIpc) is 2.82. The molecule has 1 fully saturated rings. The highest BCUT2D eigenvalue weighted by Crippen LogP contribution is 2.30. The van der Waals surface area contributed by atoms with Gasteiger partial charge in [0.2, 0.25) is 15.9 Å². The van der Waals surface area contributed by atoms with Crippen molar-refractivity contribution in [3.05, 3.63) is 48.0 Å². The molecule has 0 saturated carbocycles. The predicted molar refractivity (Wildman–Crippen MR) is 121 cm³/mol. The molecule has 31 heavy (non-hydrogen) atoms. The third-order valence-electron chi connectivity index (χ3n) is 5.94. The second-order valence-electron chi connectivity index (χ2n) is 7.99. The Morgan fingerprint density at radius 3 is 2.61 bits per heavy atom. The summed E-state index contributed by atoms with van der Waals surface area (Å²) in [6.07, 6.45) is 4.68. The fraction of sp³-hybridized carbons (Fsp3) is 0.435. The van der Waals surface area contributed by atoms with Gasteiger partial charge < -0.3 is 15.0 Å². The number of benzene rings is 2. The maximum Gasteiger partial charge on any atom is 0.246 e. The first-order valence-electron chi connectivity index (χ1n) is 10.8. The first kappa shape index (κ1) is 21.6. The Kier molecular flexibility index (Phi) is 6.48. The van der Waals surface area contributed by atoms with E-state index in [9.17, 15) is 13.2 Å². The molecule has 0 aromatic heterocycles. The number of amides is 1. The molecular weight excluding hydrogens is 414 g/mol. The van der Waals surface area contributed by atoms with Gasteiger partial charge >= 0.3 is 0 Å². The number of piperidine rings is 1. The summed E-state index contributed by atoms with van der Waals surface area (Å²) in [5.41, 5.74) is 2.65. The Hall–Kier alpha value is -2.58. The normalized spacial score (nSPS) is 17.1. The third kappa shape index (κ3) is 4.70. The van der Waals surface area contributed by atoms with Gasteiger partial charge in [-0.05, 0) is 67.6 Å². The van der Waals surface area contributed by atoms with Gasteiger partial charge in [0.25, 0.3) is 0 Å². The minimum Gasteiger partial charge on any atom is -0.497 e. The number of ether oxygens (including phenoxy) is 1. The van der Waals surface area contributed by atoms with Crippen LogP contribution >= 0.6 is 0 Å². The minimum absolute atomic E-state index is 0.0459. The number of nitrogens with one attached hydrogen (secondary N) is 1. The van der Waals surface area contributed by atoms with E-state index in [4.69, 9.17) is 4.74 Å². The number of methoxy groups -OCH3 is 1. The van der Waals surface area contributed by atoms with Gasteiger partial charge in [-0.25, -0.2) is 8.42 Å². The lowest BCUT2D eigenvalue weighted by Crippen LogP contribution is -2.39. The number of carbonyl (C=O) groups excluding carboxylic acids is 1. The molecule has 8 heteroatoms. The Balaban J connectivity index is 1.44. The lowest BCUT2D eigenvalue weighted by Gasteiger charge is -2.30. The third-order valence-corrected chi connectivity index (χ3v) is 7.83. The lowest BCUT2D eigenvalue weighted by molar-refractivity contribution is -0.117. The van der Waals surface area contributed by atoms with Crippen molar-refractivity contribution in [1.29, 1.82) is 0 Å². The largest absolute Gasteiger partial charge is 0.497 e. The van der Waals surface area contributed by atoms with E-state index in [1.54, 1.807) is 40.6 Å². The fourth-order valence-electron chi connectivity index (χ4n) is 4.25. The van der Waals surface area contributed by atoms with Crippen LogP contribution in [0.1, 0.15) is 31.2 Å². The van der Waals surface area contributed by atoms with E-state index < -0.39 is 10.0 Å². The van der Waals surface area contributed by atoms with Crippen LogP contribution in [0.5, 0.6) is 5.75 Å². The molecule has 0 radical (unpaired) electrons. The van der Waals surface area contributed by atoms with Crippen LogP contribution in [0.15, 0.2) is 47.4 Å². The summed E-state index contributed by atoms with van der Waals surface area (Å²) in [6.45, 7) is 1.90. The molecule has 166 valence electrons. The fourth-order valence-corrected chi connectivity index (χ4v) is 5.82. The first-order valence-corrected chi connectivity index (χ1v) is 12.2. The van der Waals surface area contributed by atoms with Gasteiger partial charge in [-0.15, -0.1) is 0 Å². The van der Waals surface area contributed by atoms with E-state index in [1.165, 1.54) is 0 Å². The molecule has 4 rings (SSSR count). The zero-order valence-corrected chi connectivity index (χ0v) is 18.7. The number of hydrogen-bond donors (Lipinski definition) is 1. The number of carbonyl (C=O) groups is 1. The summed E-state index contributed by atoms with van der Waals surface area (Å²) >= 11 is 0. The Morgan fingerprint density at radius 1 is 1.03 bits per heavy atom. The van der Waals surface area contributed by atoms with Crippen molar-refractivity contribution in [2.75, 3.05) is 43.5 Å². The second kappa shape index (κ2) is 9.28. The number of hydrogen-bond acceptors (Lipinski definition) is 5. The molecule has 7 nitrogen and oxygen atoms in total. The molecule has 1 amide bonds. The number of rotatable bonds is 6.